The first-order valence-electron chi connectivity index (χ1n) is 6.67. The van der Waals surface area contributed by atoms with Crippen molar-refractivity contribution in [2.24, 2.45) is 0 Å². The number of ether oxygens (including phenoxy) is 1. The molecular weight excluding hydrogens is 260 g/mol. The number of carbonyl (C=O) groups excluding carboxylic acids is 2. The van der Waals surface area contributed by atoms with Gasteiger partial charge in [0.05, 0.1) is 12.3 Å². The molecule has 1 atom stereocenters. The summed E-state index contributed by atoms with van der Waals surface area (Å²) in [4.78, 5) is 25.4. The van der Waals surface area contributed by atoms with E-state index in [1.165, 1.54) is 6.26 Å². The fraction of sp³-hybridized carbons (Fsp3) is 0.571. The van der Waals surface area contributed by atoms with Crippen LogP contribution < -0.4 is 5.32 Å². The van der Waals surface area contributed by atoms with Gasteiger partial charge in [-0.3, -0.25) is 4.79 Å². The molecule has 1 unspecified atom stereocenters. The molecule has 2 amide bonds. The molecular formula is C14H20N2O4. The van der Waals surface area contributed by atoms with Gasteiger partial charge in [-0.15, -0.1) is 0 Å². The van der Waals surface area contributed by atoms with E-state index in [4.69, 9.17) is 9.15 Å². The third-order valence-corrected chi connectivity index (χ3v) is 2.93. The van der Waals surface area contributed by atoms with Crippen LogP contribution >= 0.6 is 0 Å². The number of nitrogens with one attached hydrogen (secondary N) is 1. The molecule has 1 fully saturated rings. The first-order chi connectivity index (χ1) is 9.35. The molecule has 0 bridgehead atoms. The summed E-state index contributed by atoms with van der Waals surface area (Å²) in [6, 6.07) is 3.24. The standard InChI is InChI=1S/C14H20N2O4/c1-14(2,3)20-13(18)15-10-6-7-16(9-10)12(17)11-5-4-8-19-11/h4-5,8,10H,6-7,9H2,1-3H3,(H,15,18). The van der Waals surface area contributed by atoms with E-state index in [2.05, 4.69) is 5.32 Å². The second-order valence-corrected chi connectivity index (χ2v) is 5.86. The quantitative estimate of drug-likeness (QED) is 0.899. The molecule has 0 aliphatic carbocycles. The maximum atomic E-state index is 12.1. The van der Waals surface area contributed by atoms with Gasteiger partial charge in [0.25, 0.3) is 5.91 Å². The number of hydrogen-bond acceptors (Lipinski definition) is 4. The van der Waals surface area contributed by atoms with E-state index in [9.17, 15) is 9.59 Å². The summed E-state index contributed by atoms with van der Waals surface area (Å²) in [5.41, 5.74) is -0.521. The van der Waals surface area contributed by atoms with Crippen molar-refractivity contribution in [2.75, 3.05) is 13.1 Å². The minimum absolute atomic E-state index is 0.0798. The van der Waals surface area contributed by atoms with Gasteiger partial charge in [-0.2, -0.15) is 0 Å². The van der Waals surface area contributed by atoms with Crippen LogP contribution in [0.4, 0.5) is 4.79 Å². The third kappa shape index (κ3) is 3.76. The van der Waals surface area contributed by atoms with E-state index in [0.29, 0.717) is 25.3 Å². The lowest BCUT2D eigenvalue weighted by Crippen LogP contribution is -2.41. The van der Waals surface area contributed by atoms with Gasteiger partial charge in [0.15, 0.2) is 5.76 Å². The Labute approximate surface area is 118 Å². The lowest BCUT2D eigenvalue weighted by atomic mass is 10.2. The highest BCUT2D eigenvalue weighted by Gasteiger charge is 2.30. The molecule has 1 N–H and O–H groups in total. The van der Waals surface area contributed by atoms with Crippen LogP contribution in [0, 0.1) is 0 Å². The molecule has 20 heavy (non-hydrogen) atoms. The first-order valence-corrected chi connectivity index (χ1v) is 6.67. The number of hydrogen-bond donors (Lipinski definition) is 1. The Bertz CT molecular complexity index is 476. The zero-order chi connectivity index (χ0) is 14.8. The van der Waals surface area contributed by atoms with Crippen LogP contribution in [-0.4, -0.2) is 41.6 Å². The molecule has 1 aliphatic rings. The average molecular weight is 280 g/mol. The van der Waals surface area contributed by atoms with Crippen LogP contribution in [0.1, 0.15) is 37.7 Å². The fourth-order valence-electron chi connectivity index (χ4n) is 2.09. The van der Waals surface area contributed by atoms with E-state index in [1.54, 1.807) is 17.0 Å². The number of amides is 2. The summed E-state index contributed by atoms with van der Waals surface area (Å²) in [6.07, 6.45) is 1.74. The van der Waals surface area contributed by atoms with Crippen molar-refractivity contribution in [3.05, 3.63) is 24.2 Å². The van der Waals surface area contributed by atoms with Crippen LogP contribution in [-0.2, 0) is 4.74 Å². The Kier molecular flexibility index (Phi) is 4.01. The molecule has 1 aromatic heterocycles. The van der Waals surface area contributed by atoms with E-state index >= 15 is 0 Å². The van der Waals surface area contributed by atoms with E-state index in [1.807, 2.05) is 20.8 Å². The van der Waals surface area contributed by atoms with Gasteiger partial charge < -0.3 is 19.4 Å². The molecule has 2 rings (SSSR count). The fourth-order valence-corrected chi connectivity index (χ4v) is 2.09. The summed E-state index contributed by atoms with van der Waals surface area (Å²) in [5, 5.41) is 2.78. The predicted octanol–water partition coefficient (Wildman–Crippen LogP) is 2.02. The van der Waals surface area contributed by atoms with Gasteiger partial charge >= 0.3 is 6.09 Å². The van der Waals surface area contributed by atoms with Crippen molar-refractivity contribution in [2.45, 2.75) is 38.8 Å². The number of alkyl carbamates (subject to hydrolysis) is 1. The Balaban J connectivity index is 1.84. The lowest BCUT2D eigenvalue weighted by Gasteiger charge is -2.21. The molecule has 1 aliphatic heterocycles. The van der Waals surface area contributed by atoms with Gasteiger partial charge in [0, 0.05) is 13.1 Å². The Morgan fingerprint density at radius 3 is 2.80 bits per heavy atom. The monoisotopic (exact) mass is 280 g/mol. The number of rotatable bonds is 2. The van der Waals surface area contributed by atoms with Crippen LogP contribution in [0.2, 0.25) is 0 Å². The molecule has 2 heterocycles. The van der Waals surface area contributed by atoms with Crippen LogP contribution in [0.3, 0.4) is 0 Å². The molecule has 110 valence electrons. The highest BCUT2D eigenvalue weighted by molar-refractivity contribution is 5.91. The molecule has 0 aromatic carbocycles. The summed E-state index contributed by atoms with van der Waals surface area (Å²) in [6.45, 7) is 6.51. The van der Waals surface area contributed by atoms with Gasteiger partial charge in [-0.1, -0.05) is 0 Å². The summed E-state index contributed by atoms with van der Waals surface area (Å²) in [7, 11) is 0. The second-order valence-electron chi connectivity index (χ2n) is 5.86. The van der Waals surface area contributed by atoms with Crippen LogP contribution in [0.15, 0.2) is 22.8 Å². The largest absolute Gasteiger partial charge is 0.459 e. The molecule has 6 nitrogen and oxygen atoms in total. The predicted molar refractivity (Wildman–Crippen MR) is 72.4 cm³/mol. The normalized spacial score (nSPS) is 18.9. The van der Waals surface area contributed by atoms with E-state index in [0.717, 1.165) is 0 Å². The van der Waals surface area contributed by atoms with E-state index < -0.39 is 11.7 Å². The highest BCUT2D eigenvalue weighted by atomic mass is 16.6. The maximum Gasteiger partial charge on any atom is 0.407 e. The number of likely N-dealkylation sites (tertiary alicyclic amines) is 1. The zero-order valence-corrected chi connectivity index (χ0v) is 12.0. The maximum absolute atomic E-state index is 12.1. The van der Waals surface area contributed by atoms with Crippen molar-refractivity contribution in [3.63, 3.8) is 0 Å². The van der Waals surface area contributed by atoms with Crippen LogP contribution in [0.5, 0.6) is 0 Å². The van der Waals surface area contributed by atoms with Gasteiger partial charge in [0.1, 0.15) is 5.60 Å². The van der Waals surface area contributed by atoms with Crippen molar-refractivity contribution >= 4 is 12.0 Å². The van der Waals surface area contributed by atoms with Crippen LogP contribution in [0.25, 0.3) is 0 Å². The first kappa shape index (κ1) is 14.4. The summed E-state index contributed by atoms with van der Waals surface area (Å²) >= 11 is 0. The average Bonchev–Trinajstić information content (AvgIpc) is 2.95. The van der Waals surface area contributed by atoms with Gasteiger partial charge in [-0.05, 0) is 39.3 Å². The lowest BCUT2D eigenvalue weighted by molar-refractivity contribution is 0.0501. The molecule has 1 saturated heterocycles. The summed E-state index contributed by atoms with van der Waals surface area (Å²) < 4.78 is 10.3. The van der Waals surface area contributed by atoms with Crippen molar-refractivity contribution < 1.29 is 18.7 Å². The Morgan fingerprint density at radius 1 is 1.45 bits per heavy atom. The third-order valence-electron chi connectivity index (χ3n) is 2.93. The van der Waals surface area contributed by atoms with E-state index in [-0.39, 0.29) is 11.9 Å². The van der Waals surface area contributed by atoms with Crippen molar-refractivity contribution in [1.82, 2.24) is 10.2 Å². The minimum atomic E-state index is -0.521. The SMILES string of the molecule is CC(C)(C)OC(=O)NC1CCN(C(=O)c2ccco2)C1. The molecule has 6 heteroatoms. The Hall–Kier alpha value is -1.98. The number of carbonyl (C=O) groups is 2. The number of nitrogens with zero attached hydrogens (tertiary/aromatic N) is 1. The summed E-state index contributed by atoms with van der Waals surface area (Å²) in [5.74, 6) is 0.173. The minimum Gasteiger partial charge on any atom is -0.459 e. The molecule has 0 saturated carbocycles. The van der Waals surface area contributed by atoms with Gasteiger partial charge in [-0.25, -0.2) is 4.79 Å². The molecule has 0 radical (unpaired) electrons. The highest BCUT2D eigenvalue weighted by Crippen LogP contribution is 2.15. The molecule has 1 aromatic rings. The number of furan rings is 1. The van der Waals surface area contributed by atoms with Crippen molar-refractivity contribution in [3.8, 4) is 0 Å². The van der Waals surface area contributed by atoms with Crippen molar-refractivity contribution in [1.29, 1.82) is 0 Å². The zero-order valence-electron chi connectivity index (χ0n) is 12.0. The smallest absolute Gasteiger partial charge is 0.407 e. The Morgan fingerprint density at radius 2 is 2.20 bits per heavy atom. The van der Waals surface area contributed by atoms with Gasteiger partial charge in [0.2, 0.25) is 0 Å². The second kappa shape index (κ2) is 5.56. The topological polar surface area (TPSA) is 71.8 Å². The molecule has 0 spiro atoms.